The molecule has 0 N–H and O–H groups in total. The number of anilines is 1. The Morgan fingerprint density at radius 2 is 1.77 bits per heavy atom. The van der Waals surface area contributed by atoms with Gasteiger partial charge >= 0.3 is 0 Å². The second-order valence-electron chi connectivity index (χ2n) is 6.94. The number of benzene rings is 2. The number of hydrogen-bond donors (Lipinski definition) is 0. The van der Waals surface area contributed by atoms with E-state index in [9.17, 15) is 19.7 Å². The van der Waals surface area contributed by atoms with Gasteiger partial charge in [0.05, 0.1) is 38.5 Å². The number of nitro groups is 1. The monoisotopic (exact) mass is 433 g/mol. The summed E-state index contributed by atoms with van der Waals surface area (Å²) >= 11 is 5.96. The van der Waals surface area contributed by atoms with Crippen molar-refractivity contribution in [3.63, 3.8) is 0 Å². The number of fused-ring (bicyclic) bond motifs is 3. The van der Waals surface area contributed by atoms with Crippen LogP contribution in [0.3, 0.4) is 0 Å². The third-order valence-electron chi connectivity index (χ3n) is 5.09. The number of aryl methyl sites for hydroxylation is 1. The van der Waals surface area contributed by atoms with Gasteiger partial charge < -0.3 is 0 Å². The van der Waals surface area contributed by atoms with Crippen molar-refractivity contribution in [2.75, 3.05) is 4.90 Å². The van der Waals surface area contributed by atoms with E-state index in [4.69, 9.17) is 11.6 Å². The lowest BCUT2D eigenvalue weighted by atomic mass is 10.1. The lowest BCUT2D eigenvalue weighted by molar-refractivity contribution is -0.384. The fourth-order valence-electron chi connectivity index (χ4n) is 3.70. The first-order valence-corrected chi connectivity index (χ1v) is 9.52. The maximum Gasteiger partial charge on any atom is 0.271 e. The van der Waals surface area contributed by atoms with Gasteiger partial charge in [0.25, 0.3) is 17.5 Å². The van der Waals surface area contributed by atoms with Crippen LogP contribution in [0.5, 0.6) is 0 Å². The van der Waals surface area contributed by atoms with Crippen molar-refractivity contribution in [3.8, 4) is 5.69 Å². The van der Waals surface area contributed by atoms with E-state index in [1.165, 1.54) is 30.5 Å². The first kappa shape index (κ1) is 18.9. The number of aromatic nitrogens is 3. The molecule has 0 bridgehead atoms. The van der Waals surface area contributed by atoms with Gasteiger partial charge in [-0.25, -0.2) is 14.6 Å². The van der Waals surface area contributed by atoms with Gasteiger partial charge in [0.1, 0.15) is 0 Å². The normalized spacial score (nSPS) is 13.2. The van der Waals surface area contributed by atoms with Crippen molar-refractivity contribution in [2.24, 2.45) is 0 Å². The first-order valence-electron chi connectivity index (χ1n) is 9.14. The van der Waals surface area contributed by atoms with Crippen LogP contribution >= 0.6 is 11.6 Å². The molecule has 0 saturated carbocycles. The Hall–Kier alpha value is -4.11. The zero-order chi connectivity index (χ0) is 21.9. The fourth-order valence-corrected chi connectivity index (χ4v) is 3.83. The molecule has 9 nitrogen and oxygen atoms in total. The molecule has 0 unspecified atom stereocenters. The lowest BCUT2D eigenvalue weighted by Gasteiger charge is -2.13. The summed E-state index contributed by atoms with van der Waals surface area (Å²) < 4.78 is 1.58. The minimum Gasteiger partial charge on any atom is -0.268 e. The van der Waals surface area contributed by atoms with E-state index in [0.29, 0.717) is 27.4 Å². The van der Waals surface area contributed by atoms with Crippen LogP contribution in [0, 0.1) is 17.0 Å². The highest BCUT2D eigenvalue weighted by atomic mass is 35.5. The maximum atomic E-state index is 13.3. The summed E-state index contributed by atoms with van der Waals surface area (Å²) in [5.74, 6) is -1.17. The highest BCUT2D eigenvalue weighted by Gasteiger charge is 2.40. The summed E-state index contributed by atoms with van der Waals surface area (Å²) in [6.45, 7) is 1.73. The molecule has 0 radical (unpaired) electrons. The summed E-state index contributed by atoms with van der Waals surface area (Å²) in [5, 5.41) is 16.6. The summed E-state index contributed by atoms with van der Waals surface area (Å²) in [7, 11) is 0. The highest BCUT2D eigenvalue weighted by molar-refractivity contribution is 6.37. The van der Waals surface area contributed by atoms with Crippen LogP contribution in [0.25, 0.3) is 16.7 Å². The molecule has 0 saturated heterocycles. The van der Waals surface area contributed by atoms with Crippen molar-refractivity contribution in [2.45, 2.75) is 6.92 Å². The molecule has 4 aromatic rings. The number of carbonyl (C=O) groups is 2. The highest BCUT2D eigenvalue weighted by Crippen LogP contribution is 2.35. The Kier molecular flexibility index (Phi) is 4.09. The van der Waals surface area contributed by atoms with E-state index in [0.717, 1.165) is 4.90 Å². The van der Waals surface area contributed by atoms with Crippen LogP contribution in [-0.4, -0.2) is 31.5 Å². The molecule has 3 heterocycles. The molecule has 0 atom stereocenters. The number of amides is 2. The summed E-state index contributed by atoms with van der Waals surface area (Å²) in [4.78, 5) is 42.2. The van der Waals surface area contributed by atoms with Gasteiger partial charge in [0, 0.05) is 23.4 Å². The van der Waals surface area contributed by atoms with Gasteiger partial charge in [-0.2, -0.15) is 5.10 Å². The van der Waals surface area contributed by atoms with Gasteiger partial charge in [-0.1, -0.05) is 17.7 Å². The zero-order valence-corrected chi connectivity index (χ0v) is 16.7. The summed E-state index contributed by atoms with van der Waals surface area (Å²) in [6, 6.07) is 12.4. The first-order chi connectivity index (χ1) is 14.9. The molecular formula is C21H12ClN5O4. The lowest BCUT2D eigenvalue weighted by Crippen LogP contribution is -2.29. The second-order valence-corrected chi connectivity index (χ2v) is 7.38. The van der Waals surface area contributed by atoms with Gasteiger partial charge in [0.2, 0.25) is 0 Å². The standard InChI is InChI=1S/C21H12ClN5O4/c1-11-17-18-16(10-23-19(17)26(24-11)13-7-5-12(22)6-8-13)20(28)25(21(18)29)14-3-2-4-15(9-14)27(30)31/h2-10H,1H3. The Balaban J connectivity index is 1.68. The number of halogens is 1. The van der Waals surface area contributed by atoms with Crippen LogP contribution in [0.1, 0.15) is 26.4 Å². The Bertz CT molecular complexity index is 1430. The van der Waals surface area contributed by atoms with Crippen molar-refractivity contribution >= 4 is 45.8 Å². The quantitative estimate of drug-likeness (QED) is 0.273. The number of nitro benzene ring substituents is 1. The Labute approximate surface area is 179 Å². The molecule has 2 amide bonds. The number of nitrogens with zero attached hydrogens (tertiary/aromatic N) is 5. The molecule has 0 fully saturated rings. The zero-order valence-electron chi connectivity index (χ0n) is 15.9. The van der Waals surface area contributed by atoms with Gasteiger partial charge in [-0.05, 0) is 37.3 Å². The SMILES string of the molecule is Cc1nn(-c2ccc(Cl)cc2)c2ncc3c(c12)C(=O)N(c1cccc([N+](=O)[O-])c1)C3=O. The van der Waals surface area contributed by atoms with Crippen LogP contribution < -0.4 is 4.90 Å². The number of rotatable bonds is 3. The molecule has 152 valence electrons. The molecule has 0 spiro atoms. The van der Waals surface area contributed by atoms with Crippen molar-refractivity contribution < 1.29 is 14.5 Å². The number of non-ortho nitro benzene ring substituents is 1. The minimum absolute atomic E-state index is 0.122. The third-order valence-corrected chi connectivity index (χ3v) is 5.34. The van der Waals surface area contributed by atoms with E-state index in [1.807, 2.05) is 0 Å². The molecule has 2 aromatic heterocycles. The van der Waals surface area contributed by atoms with Gasteiger partial charge in [0.15, 0.2) is 5.65 Å². The number of carbonyl (C=O) groups excluding carboxylic acids is 2. The number of pyridine rings is 1. The maximum absolute atomic E-state index is 13.3. The van der Waals surface area contributed by atoms with E-state index in [2.05, 4.69) is 10.1 Å². The van der Waals surface area contributed by atoms with E-state index < -0.39 is 16.7 Å². The molecule has 5 rings (SSSR count). The third kappa shape index (κ3) is 2.78. The molecule has 1 aliphatic rings. The van der Waals surface area contributed by atoms with Crippen LogP contribution in [0.4, 0.5) is 11.4 Å². The number of hydrogen-bond acceptors (Lipinski definition) is 6. The van der Waals surface area contributed by atoms with Gasteiger partial charge in [-0.15, -0.1) is 0 Å². The van der Waals surface area contributed by atoms with Crippen molar-refractivity contribution in [3.05, 3.63) is 86.7 Å². The van der Waals surface area contributed by atoms with Crippen molar-refractivity contribution in [1.29, 1.82) is 0 Å². The molecule has 10 heteroatoms. The predicted molar refractivity (Wildman–Crippen MR) is 113 cm³/mol. The topological polar surface area (TPSA) is 111 Å². The Morgan fingerprint density at radius 1 is 1.03 bits per heavy atom. The Morgan fingerprint density at radius 3 is 2.48 bits per heavy atom. The fraction of sp³-hybridized carbons (Fsp3) is 0.0476. The van der Waals surface area contributed by atoms with E-state index in [-0.39, 0.29) is 22.5 Å². The summed E-state index contributed by atoms with van der Waals surface area (Å²) in [5.41, 5.74) is 1.85. The average Bonchev–Trinajstić information content (AvgIpc) is 3.22. The summed E-state index contributed by atoms with van der Waals surface area (Å²) in [6.07, 6.45) is 1.34. The van der Waals surface area contributed by atoms with Crippen LogP contribution in [-0.2, 0) is 0 Å². The molecule has 1 aliphatic heterocycles. The molecule has 2 aromatic carbocycles. The number of imide groups is 1. The molecule has 0 aliphatic carbocycles. The van der Waals surface area contributed by atoms with Crippen molar-refractivity contribution in [1.82, 2.24) is 14.8 Å². The van der Waals surface area contributed by atoms with E-state index in [1.54, 1.807) is 35.9 Å². The smallest absolute Gasteiger partial charge is 0.268 e. The molecule has 31 heavy (non-hydrogen) atoms. The minimum atomic E-state index is -0.589. The van der Waals surface area contributed by atoms with Gasteiger partial charge in [-0.3, -0.25) is 19.7 Å². The second kappa shape index (κ2) is 6.71. The largest absolute Gasteiger partial charge is 0.271 e. The molecular weight excluding hydrogens is 422 g/mol. The van der Waals surface area contributed by atoms with Crippen LogP contribution in [0.2, 0.25) is 5.02 Å². The van der Waals surface area contributed by atoms with E-state index >= 15 is 0 Å². The predicted octanol–water partition coefficient (Wildman–Crippen LogP) is 4.09. The average molecular weight is 434 g/mol. The van der Waals surface area contributed by atoms with Crippen LogP contribution in [0.15, 0.2) is 54.7 Å².